The number of aromatic nitrogens is 1. The Bertz CT molecular complexity index is 3490. The second-order valence-corrected chi connectivity index (χ2v) is 23.0. The third-order valence-corrected chi connectivity index (χ3v) is 21.8. The number of fused-ring (bicyclic) bond motifs is 3. The van der Waals surface area contributed by atoms with Crippen LogP contribution in [0.2, 0.25) is 0 Å². The van der Waals surface area contributed by atoms with Gasteiger partial charge in [-0.05, 0) is 103 Å². The zero-order chi connectivity index (χ0) is 50.2. The van der Waals surface area contributed by atoms with Crippen LogP contribution < -0.4 is 15.0 Å². The molecule has 0 saturated heterocycles. The van der Waals surface area contributed by atoms with Crippen molar-refractivity contribution in [2.24, 2.45) is 40.0 Å². The second kappa shape index (κ2) is 12.4. The van der Waals surface area contributed by atoms with Crippen molar-refractivity contribution < 1.29 is 63.4 Å². The zero-order valence-electron chi connectivity index (χ0n) is 40.1. The van der Waals surface area contributed by atoms with Gasteiger partial charge < -0.3 is 44.9 Å². The maximum Gasteiger partial charge on any atom is 0.309 e. The number of carbonyl (C=O) groups is 6. The Morgan fingerprint density at radius 3 is 2.14 bits per heavy atom. The van der Waals surface area contributed by atoms with E-state index in [0.29, 0.717) is 108 Å². The van der Waals surface area contributed by atoms with Crippen LogP contribution in [0, 0.1) is 35.0 Å². The first-order chi connectivity index (χ1) is 33.8. The molecule has 364 valence electrons. The standard InChI is InChI=1S/C53H48N4O13S/c1-10-23-52(54-6)20-12-22(57(7)8)26-28-29-30-27-25-21(55-40-33(27)50-19(11-16(2)24(32(29)50)38(26)68-9)17(3)48(40,5)41(69-14-58)42(50)70-15-59)13-71-43(25)49-18(4)56-53(23,37(47(66)67)34(49)44(60)61)51(31(20)28,39(30)49)35(45(62)63)36(52)46(64)65/h11-12,14-15,23,34-37,41-43,54H,10,13H2,1-9H3,(H,60,61)(H,62,63)(H,64,65)(H,66,67). The van der Waals surface area contributed by atoms with E-state index in [1.54, 1.807) is 21.1 Å². The third kappa shape index (κ3) is 3.56. The number of hydrogen-bond donors (Lipinski definition) is 5. The molecule has 71 heavy (non-hydrogen) atoms. The molecule has 14 unspecified atom stereocenters. The molecule has 0 radical (unpaired) electrons. The number of pyridine rings is 1. The summed E-state index contributed by atoms with van der Waals surface area (Å²) in [7, 11) is 6.83. The first-order valence-corrected chi connectivity index (χ1v) is 25.0. The van der Waals surface area contributed by atoms with Crippen molar-refractivity contribution in [3.8, 4) is 5.75 Å². The lowest BCUT2D eigenvalue weighted by molar-refractivity contribution is -0.209. The molecule has 6 bridgehead atoms. The van der Waals surface area contributed by atoms with Crippen molar-refractivity contribution >= 4 is 81.9 Å². The number of carbonyl (C=O) groups excluding carboxylic acids is 2. The van der Waals surface area contributed by atoms with Gasteiger partial charge in [-0.15, -0.1) is 11.8 Å². The van der Waals surface area contributed by atoms with Crippen molar-refractivity contribution in [3.05, 3.63) is 84.8 Å². The van der Waals surface area contributed by atoms with Gasteiger partial charge in [0.05, 0.1) is 74.9 Å². The summed E-state index contributed by atoms with van der Waals surface area (Å²) in [5.41, 5.74) is -0.701. The van der Waals surface area contributed by atoms with Crippen LogP contribution >= 0.6 is 11.8 Å². The number of ether oxygens (including phenoxy) is 3. The highest BCUT2D eigenvalue weighted by atomic mass is 32.2. The van der Waals surface area contributed by atoms with Gasteiger partial charge in [0.15, 0.2) is 12.2 Å². The molecule has 18 heteroatoms. The number of nitrogens with zero attached hydrogens (tertiary/aromatic N) is 3. The van der Waals surface area contributed by atoms with Gasteiger partial charge in [-0.25, -0.2) is 0 Å². The smallest absolute Gasteiger partial charge is 0.309 e. The number of benzene rings is 2. The van der Waals surface area contributed by atoms with Gasteiger partial charge in [-0.1, -0.05) is 18.6 Å². The topological polar surface area (TPSA) is 252 Å². The Labute approximate surface area is 409 Å². The number of nitrogens with one attached hydrogen (secondary N) is 1. The molecule has 1 aromatic heterocycles. The first kappa shape index (κ1) is 43.3. The molecule has 17 rings (SSSR count). The first-order valence-electron chi connectivity index (χ1n) is 23.9. The Morgan fingerprint density at radius 2 is 1.55 bits per heavy atom. The van der Waals surface area contributed by atoms with E-state index in [2.05, 4.69) is 11.4 Å². The van der Waals surface area contributed by atoms with Crippen LogP contribution in [0.15, 0.2) is 33.9 Å². The summed E-state index contributed by atoms with van der Waals surface area (Å²) in [6.07, 6.45) is -0.169. The fraction of sp³-hybridized carbons (Fsp3) is 0.472. The summed E-state index contributed by atoms with van der Waals surface area (Å²) in [6, 6.07) is 1.91. The summed E-state index contributed by atoms with van der Waals surface area (Å²) < 4.78 is 19.3. The number of methoxy groups -OCH3 is 1. The number of thioether (sulfide) groups is 1. The van der Waals surface area contributed by atoms with E-state index in [0.717, 1.165) is 16.7 Å². The number of aliphatic imine (C=N–C) groups is 1. The molecule has 4 heterocycles. The molecule has 11 aliphatic carbocycles. The number of carboxylic acids is 4. The van der Waals surface area contributed by atoms with Crippen molar-refractivity contribution in [3.63, 3.8) is 0 Å². The Morgan fingerprint density at radius 1 is 0.887 bits per heavy atom. The van der Waals surface area contributed by atoms with E-state index >= 15 is 4.79 Å². The zero-order valence-corrected chi connectivity index (χ0v) is 40.9. The lowest BCUT2D eigenvalue weighted by Gasteiger charge is -2.81. The van der Waals surface area contributed by atoms with Crippen molar-refractivity contribution in [1.82, 2.24) is 10.3 Å². The molecule has 5 N–H and O–H groups in total. The number of allylic oxidation sites excluding steroid dienone is 2. The van der Waals surface area contributed by atoms with Crippen LogP contribution in [0.3, 0.4) is 0 Å². The molecule has 3 aromatic rings. The summed E-state index contributed by atoms with van der Waals surface area (Å²) in [4.78, 5) is 98.8. The molecular formula is C53H48N4O13S. The van der Waals surface area contributed by atoms with Crippen LogP contribution in [0.5, 0.6) is 5.75 Å². The normalized spacial score (nSPS) is 39.2. The van der Waals surface area contributed by atoms with Crippen molar-refractivity contribution in [1.29, 1.82) is 0 Å². The van der Waals surface area contributed by atoms with Crippen molar-refractivity contribution in [2.45, 2.75) is 91.6 Å². The molecule has 17 nitrogen and oxygen atoms in total. The van der Waals surface area contributed by atoms with Gasteiger partial charge in [0.1, 0.15) is 5.75 Å². The van der Waals surface area contributed by atoms with E-state index in [9.17, 15) is 44.4 Å². The molecule has 14 atom stereocenters. The molecule has 2 aromatic carbocycles. The van der Waals surface area contributed by atoms with E-state index in [4.69, 9.17) is 24.2 Å². The van der Waals surface area contributed by atoms with Crippen LogP contribution in [-0.2, 0) is 65.8 Å². The lowest BCUT2D eigenvalue weighted by Crippen LogP contribution is -2.89. The monoisotopic (exact) mass is 980 g/mol. The van der Waals surface area contributed by atoms with Gasteiger partial charge in [0, 0.05) is 64.3 Å². The minimum atomic E-state index is -2.12. The Balaban J connectivity index is 1.39. The van der Waals surface area contributed by atoms with Gasteiger partial charge in [0.2, 0.25) is 0 Å². The van der Waals surface area contributed by atoms with Crippen LogP contribution in [0.25, 0.3) is 21.9 Å². The Kier molecular flexibility index (Phi) is 7.54. The maximum absolute atomic E-state index is 15.1. The molecule has 3 aliphatic heterocycles. The highest BCUT2D eigenvalue weighted by Gasteiger charge is 2.92. The molecule has 2 fully saturated rings. The molecule has 4 spiro atoms. The number of anilines is 1. The number of rotatable bonds is 12. The number of carboxylic acid groups (broad SMARTS) is 4. The van der Waals surface area contributed by atoms with E-state index in [-0.39, 0.29) is 12.2 Å². The van der Waals surface area contributed by atoms with E-state index < -0.39 is 104 Å². The quantitative estimate of drug-likeness (QED) is 0.152. The largest absolute Gasteiger partial charge is 0.495 e. The summed E-state index contributed by atoms with van der Waals surface area (Å²) in [6.45, 7) is 10.2. The van der Waals surface area contributed by atoms with E-state index in [1.807, 2.05) is 52.8 Å². The highest BCUT2D eigenvalue weighted by Crippen LogP contribution is 2.88. The Hall–Kier alpha value is -6.53. The average Bonchev–Trinajstić information content (AvgIpc) is 3.79. The summed E-state index contributed by atoms with van der Waals surface area (Å²) >= 11 is 1.40. The van der Waals surface area contributed by atoms with Gasteiger partial charge in [-0.3, -0.25) is 38.7 Å². The number of hydrogen-bond acceptors (Lipinski definition) is 14. The fourth-order valence-electron chi connectivity index (χ4n) is 19.0. The molecule has 2 saturated carbocycles. The SMILES string of the molecule is CCC1C2(NC)c3cc(N(C)C)c4c(OC)c5c6c7c4c3C3(C4=C7c7c8c(nc9c7C67C(=C(C)C9(C)C(OC=O)C7OC=O)C=C5C)CSC8C45C(C)=NC13C(C(=O)O)C5C(=O)O)C(C(=O)O)C2C(=O)O. The molecular weight excluding hydrogens is 933 g/mol. The van der Waals surface area contributed by atoms with Crippen LogP contribution in [0.4, 0.5) is 5.69 Å². The van der Waals surface area contributed by atoms with Crippen LogP contribution in [0.1, 0.15) is 102 Å². The predicted molar refractivity (Wildman–Crippen MR) is 254 cm³/mol. The minimum Gasteiger partial charge on any atom is -0.495 e. The fourth-order valence-corrected chi connectivity index (χ4v) is 20.7. The number of aliphatic carboxylic acids is 4. The highest BCUT2D eigenvalue weighted by molar-refractivity contribution is 7.99. The second-order valence-electron chi connectivity index (χ2n) is 21.9. The van der Waals surface area contributed by atoms with Crippen molar-refractivity contribution in [2.75, 3.05) is 33.2 Å². The van der Waals surface area contributed by atoms with Gasteiger partial charge in [-0.2, -0.15) is 0 Å². The van der Waals surface area contributed by atoms with E-state index in [1.165, 1.54) is 11.8 Å². The predicted octanol–water partition coefficient (Wildman–Crippen LogP) is 4.85. The van der Waals surface area contributed by atoms with Gasteiger partial charge in [0.25, 0.3) is 12.9 Å². The van der Waals surface area contributed by atoms with Crippen LogP contribution in [-0.4, -0.2) is 114 Å². The average molecular weight is 981 g/mol. The summed E-state index contributed by atoms with van der Waals surface area (Å²) in [5.74, 6) is -13.5. The summed E-state index contributed by atoms with van der Waals surface area (Å²) in [5, 5.41) is 52.0. The third-order valence-electron chi connectivity index (χ3n) is 20.4. The molecule has 14 aliphatic rings. The minimum absolute atomic E-state index is 0.0797. The van der Waals surface area contributed by atoms with Gasteiger partial charge >= 0.3 is 23.9 Å². The lowest BCUT2D eigenvalue weighted by atomic mass is 9.23. The maximum atomic E-state index is 15.1. The molecule has 0 amide bonds.